The Balaban J connectivity index is 1.92. The second kappa shape index (κ2) is 5.83. The van der Waals surface area contributed by atoms with Gasteiger partial charge in [-0.25, -0.2) is 4.98 Å². The lowest BCUT2D eigenvalue weighted by Gasteiger charge is -2.10. The van der Waals surface area contributed by atoms with E-state index in [1.165, 1.54) is 11.1 Å². The molecule has 0 atom stereocenters. The number of imidazole rings is 1. The number of rotatable bonds is 3. The molecule has 120 valence electrons. The Labute approximate surface area is 148 Å². The van der Waals surface area contributed by atoms with Gasteiger partial charge in [-0.05, 0) is 71.2 Å². The summed E-state index contributed by atoms with van der Waals surface area (Å²) >= 11 is 3.37. The number of anilines is 2. The Morgan fingerprint density at radius 2 is 1.92 bits per heavy atom. The number of aromatic nitrogens is 2. The number of fused-ring (bicyclic) bond motifs is 1. The molecule has 0 bridgehead atoms. The molecule has 0 unspecified atom stereocenters. The van der Waals surface area contributed by atoms with E-state index in [0.717, 1.165) is 28.6 Å². The van der Waals surface area contributed by atoms with E-state index in [9.17, 15) is 0 Å². The number of hydrogen-bond acceptors (Lipinski definition) is 3. The van der Waals surface area contributed by atoms with Crippen molar-refractivity contribution < 1.29 is 4.42 Å². The maximum absolute atomic E-state index is 5.74. The second-order valence-corrected chi connectivity index (χ2v) is 6.57. The van der Waals surface area contributed by atoms with E-state index >= 15 is 0 Å². The molecule has 4 rings (SSSR count). The lowest BCUT2D eigenvalue weighted by atomic mass is 10.2. The third kappa shape index (κ3) is 2.61. The summed E-state index contributed by atoms with van der Waals surface area (Å²) in [6, 6.07) is 16.1. The molecule has 0 spiro atoms. The Bertz CT molecular complexity index is 1030. The Morgan fingerprint density at radius 1 is 1.08 bits per heavy atom. The van der Waals surface area contributed by atoms with Gasteiger partial charge in [0.2, 0.25) is 0 Å². The highest BCUT2D eigenvalue weighted by molar-refractivity contribution is 9.10. The molecular formula is C19H16BrN3O. The number of para-hydroxylation sites is 1. The largest absolute Gasteiger partial charge is 0.448 e. The topological polar surface area (TPSA) is 42.5 Å². The van der Waals surface area contributed by atoms with Gasteiger partial charge < -0.3 is 9.73 Å². The minimum Gasteiger partial charge on any atom is -0.448 e. The van der Waals surface area contributed by atoms with Crippen LogP contribution in [-0.2, 0) is 0 Å². The quantitative estimate of drug-likeness (QED) is 0.493. The third-order valence-electron chi connectivity index (χ3n) is 3.99. The first-order valence-electron chi connectivity index (χ1n) is 7.69. The molecule has 0 saturated carbocycles. The lowest BCUT2D eigenvalue weighted by molar-refractivity contribution is 0.554. The number of hydrogen-bond donors (Lipinski definition) is 1. The average Bonchev–Trinajstić information content (AvgIpc) is 3.13. The van der Waals surface area contributed by atoms with Gasteiger partial charge >= 0.3 is 0 Å². The highest BCUT2D eigenvalue weighted by Crippen LogP contribution is 2.34. The van der Waals surface area contributed by atoms with Crippen molar-refractivity contribution in [2.75, 3.05) is 5.32 Å². The second-order valence-electron chi connectivity index (χ2n) is 5.78. The van der Waals surface area contributed by atoms with Crippen LogP contribution in [0.2, 0.25) is 0 Å². The summed E-state index contributed by atoms with van der Waals surface area (Å²) in [5, 5.41) is 3.52. The predicted octanol–water partition coefficient (Wildman–Crippen LogP) is 5.72. The number of halogens is 1. The Kier molecular flexibility index (Phi) is 3.65. The predicted molar refractivity (Wildman–Crippen MR) is 99.8 cm³/mol. The highest BCUT2D eigenvalue weighted by Gasteiger charge is 2.17. The fourth-order valence-corrected chi connectivity index (χ4v) is 3.03. The van der Waals surface area contributed by atoms with Crippen LogP contribution in [0.1, 0.15) is 11.1 Å². The van der Waals surface area contributed by atoms with Crippen molar-refractivity contribution in [3.8, 4) is 11.5 Å². The number of nitrogens with zero attached hydrogens (tertiary/aromatic N) is 2. The minimum absolute atomic E-state index is 0.688. The van der Waals surface area contributed by atoms with Gasteiger partial charge in [-0.3, -0.25) is 4.40 Å². The molecule has 0 amide bonds. The zero-order valence-corrected chi connectivity index (χ0v) is 15.0. The van der Waals surface area contributed by atoms with Crippen molar-refractivity contribution in [2.24, 2.45) is 0 Å². The van der Waals surface area contributed by atoms with E-state index in [1.54, 1.807) is 0 Å². The van der Waals surface area contributed by atoms with Gasteiger partial charge in [0.25, 0.3) is 0 Å². The summed E-state index contributed by atoms with van der Waals surface area (Å²) in [5.41, 5.74) is 5.06. The van der Waals surface area contributed by atoms with Crippen LogP contribution in [0, 0.1) is 13.8 Å². The van der Waals surface area contributed by atoms with Crippen molar-refractivity contribution in [1.82, 2.24) is 9.38 Å². The van der Waals surface area contributed by atoms with E-state index in [1.807, 2.05) is 34.9 Å². The first-order chi connectivity index (χ1) is 11.6. The average molecular weight is 382 g/mol. The zero-order valence-electron chi connectivity index (χ0n) is 13.4. The normalized spacial score (nSPS) is 11.1. The van der Waals surface area contributed by atoms with Gasteiger partial charge in [0, 0.05) is 11.9 Å². The molecule has 4 aromatic rings. The summed E-state index contributed by atoms with van der Waals surface area (Å²) in [7, 11) is 0. The maximum Gasteiger partial charge on any atom is 0.169 e. The maximum atomic E-state index is 5.74. The third-order valence-corrected chi connectivity index (χ3v) is 4.41. The van der Waals surface area contributed by atoms with Gasteiger partial charge in [-0.1, -0.05) is 18.2 Å². The number of furan rings is 1. The fourth-order valence-electron chi connectivity index (χ4n) is 2.72. The van der Waals surface area contributed by atoms with Crippen LogP contribution in [-0.4, -0.2) is 9.38 Å². The van der Waals surface area contributed by atoms with E-state index < -0.39 is 0 Å². The molecule has 0 radical (unpaired) electrons. The SMILES string of the molecule is Cc1ccn2c(Nc3ccccc3C)c(-c3ccc(Br)o3)nc2c1. The van der Waals surface area contributed by atoms with Crippen LogP contribution in [0.3, 0.4) is 0 Å². The Hall–Kier alpha value is -2.53. The number of aryl methyl sites for hydroxylation is 2. The molecule has 24 heavy (non-hydrogen) atoms. The van der Waals surface area contributed by atoms with Gasteiger partial charge in [-0.2, -0.15) is 0 Å². The van der Waals surface area contributed by atoms with Crippen molar-refractivity contribution in [3.05, 3.63) is 70.5 Å². The van der Waals surface area contributed by atoms with E-state index in [-0.39, 0.29) is 0 Å². The van der Waals surface area contributed by atoms with Crippen molar-refractivity contribution in [3.63, 3.8) is 0 Å². The van der Waals surface area contributed by atoms with Crippen molar-refractivity contribution in [2.45, 2.75) is 13.8 Å². The van der Waals surface area contributed by atoms with E-state index in [0.29, 0.717) is 4.67 Å². The van der Waals surface area contributed by atoms with Crippen LogP contribution >= 0.6 is 15.9 Å². The Morgan fingerprint density at radius 3 is 2.67 bits per heavy atom. The summed E-state index contributed by atoms with van der Waals surface area (Å²) < 4.78 is 8.47. The molecule has 0 fully saturated rings. The number of nitrogens with one attached hydrogen (secondary N) is 1. The molecule has 4 nitrogen and oxygen atoms in total. The van der Waals surface area contributed by atoms with Crippen molar-refractivity contribution in [1.29, 1.82) is 0 Å². The van der Waals surface area contributed by atoms with E-state index in [4.69, 9.17) is 9.40 Å². The lowest BCUT2D eigenvalue weighted by Crippen LogP contribution is -1.98. The number of benzene rings is 1. The van der Waals surface area contributed by atoms with Crippen LogP contribution < -0.4 is 5.32 Å². The monoisotopic (exact) mass is 381 g/mol. The van der Waals surface area contributed by atoms with E-state index in [2.05, 4.69) is 59.4 Å². The molecule has 0 aliphatic rings. The molecule has 0 aliphatic heterocycles. The van der Waals surface area contributed by atoms with Gasteiger partial charge in [0.1, 0.15) is 17.2 Å². The molecular weight excluding hydrogens is 366 g/mol. The van der Waals surface area contributed by atoms with Gasteiger partial charge in [0.15, 0.2) is 10.4 Å². The molecule has 1 N–H and O–H groups in total. The molecule has 0 saturated heterocycles. The van der Waals surface area contributed by atoms with Crippen LogP contribution in [0.5, 0.6) is 0 Å². The summed E-state index contributed by atoms with van der Waals surface area (Å²) in [5.74, 6) is 1.61. The summed E-state index contributed by atoms with van der Waals surface area (Å²) in [6.45, 7) is 4.14. The molecule has 1 aromatic carbocycles. The minimum atomic E-state index is 0.688. The summed E-state index contributed by atoms with van der Waals surface area (Å²) in [6.07, 6.45) is 2.03. The standard InChI is InChI=1S/C19H16BrN3O/c1-12-9-10-23-17(11-12)22-18(15-7-8-16(20)24-15)19(23)21-14-6-4-3-5-13(14)2/h3-11,21H,1-2H3. The first kappa shape index (κ1) is 15.0. The fraction of sp³-hybridized carbons (Fsp3) is 0.105. The smallest absolute Gasteiger partial charge is 0.169 e. The molecule has 5 heteroatoms. The first-order valence-corrected chi connectivity index (χ1v) is 8.48. The summed E-state index contributed by atoms with van der Waals surface area (Å²) in [4.78, 5) is 4.77. The molecule has 3 aromatic heterocycles. The zero-order chi connectivity index (χ0) is 16.7. The van der Waals surface area contributed by atoms with Gasteiger partial charge in [-0.15, -0.1) is 0 Å². The van der Waals surface area contributed by atoms with Crippen molar-refractivity contribution >= 4 is 33.1 Å². The van der Waals surface area contributed by atoms with Crippen LogP contribution in [0.4, 0.5) is 11.5 Å². The molecule has 3 heterocycles. The molecule has 0 aliphatic carbocycles. The van der Waals surface area contributed by atoms with Crippen LogP contribution in [0.15, 0.2) is 63.8 Å². The number of pyridine rings is 1. The van der Waals surface area contributed by atoms with Crippen LogP contribution in [0.25, 0.3) is 17.1 Å². The highest BCUT2D eigenvalue weighted by atomic mass is 79.9. The van der Waals surface area contributed by atoms with Gasteiger partial charge in [0.05, 0.1) is 0 Å².